The van der Waals surface area contributed by atoms with E-state index in [0.717, 1.165) is 23.1 Å². The molecule has 4 nitrogen and oxygen atoms in total. The van der Waals surface area contributed by atoms with E-state index >= 15 is 0 Å². The lowest BCUT2D eigenvalue weighted by Crippen LogP contribution is -2.44. The first-order valence-electron chi connectivity index (χ1n) is 6.69. The van der Waals surface area contributed by atoms with Gasteiger partial charge in [-0.25, -0.2) is 0 Å². The minimum Gasteiger partial charge on any atom is -0.368 e. The lowest BCUT2D eigenvalue weighted by molar-refractivity contribution is -0.133. The quantitative estimate of drug-likeness (QED) is 0.883. The van der Waals surface area contributed by atoms with Gasteiger partial charge in [0.2, 0.25) is 0 Å². The molecule has 100 valence electrons. The number of rotatable bonds is 3. The van der Waals surface area contributed by atoms with Crippen molar-refractivity contribution in [2.75, 3.05) is 19.7 Å². The molecule has 0 bridgehead atoms. The highest BCUT2D eigenvalue weighted by atomic mass is 16.5. The molecule has 0 spiro atoms. The normalized spacial score (nSPS) is 21.4. The first-order valence-corrected chi connectivity index (χ1v) is 6.69. The van der Waals surface area contributed by atoms with Gasteiger partial charge in [-0.15, -0.1) is 0 Å². The van der Waals surface area contributed by atoms with Crippen molar-refractivity contribution in [2.45, 2.75) is 18.9 Å². The van der Waals surface area contributed by atoms with Gasteiger partial charge in [-0.3, -0.25) is 4.79 Å². The van der Waals surface area contributed by atoms with E-state index in [1.807, 2.05) is 37.3 Å². The summed E-state index contributed by atoms with van der Waals surface area (Å²) in [6, 6.07) is 10.1. The van der Waals surface area contributed by atoms with Crippen molar-refractivity contribution >= 4 is 16.7 Å². The number of hydrogen-bond donors (Lipinski definition) is 2. The molecule has 4 heteroatoms. The van der Waals surface area contributed by atoms with Gasteiger partial charge >= 0.3 is 0 Å². The van der Waals surface area contributed by atoms with Crippen molar-refractivity contribution in [3.05, 3.63) is 36.0 Å². The number of morpholine rings is 1. The van der Waals surface area contributed by atoms with Gasteiger partial charge in [-0.2, -0.15) is 0 Å². The van der Waals surface area contributed by atoms with Crippen LogP contribution in [0.5, 0.6) is 0 Å². The monoisotopic (exact) mass is 258 g/mol. The maximum atomic E-state index is 12.4. The zero-order valence-electron chi connectivity index (χ0n) is 11.0. The fraction of sp³-hybridized carbons (Fsp3) is 0.400. The van der Waals surface area contributed by atoms with Crippen LogP contribution in [0.15, 0.2) is 30.3 Å². The molecule has 0 amide bonds. The molecule has 1 aromatic carbocycles. The Morgan fingerprint density at radius 3 is 3.00 bits per heavy atom. The summed E-state index contributed by atoms with van der Waals surface area (Å²) in [7, 11) is 0. The van der Waals surface area contributed by atoms with Crippen LogP contribution in [0.1, 0.15) is 18.5 Å². The summed E-state index contributed by atoms with van der Waals surface area (Å²) >= 11 is 0. The molecule has 2 heterocycles. The lowest BCUT2D eigenvalue weighted by atomic mass is 9.97. The van der Waals surface area contributed by atoms with Crippen LogP contribution in [-0.2, 0) is 9.53 Å². The maximum absolute atomic E-state index is 12.4. The fourth-order valence-corrected chi connectivity index (χ4v) is 2.51. The molecular formula is C15H18N2O2. The first-order chi connectivity index (χ1) is 9.25. The van der Waals surface area contributed by atoms with Crippen LogP contribution in [0.3, 0.4) is 0 Å². The number of carbonyl (C=O) groups is 1. The molecule has 2 unspecified atom stereocenters. The molecule has 0 saturated carbocycles. The van der Waals surface area contributed by atoms with Crippen LogP contribution in [0, 0.1) is 0 Å². The number of nitrogens with one attached hydrogen (secondary N) is 2. The Morgan fingerprint density at radius 2 is 2.26 bits per heavy atom. The summed E-state index contributed by atoms with van der Waals surface area (Å²) in [6.07, 6.45) is -0.324. The number of fused-ring (bicyclic) bond motifs is 1. The molecule has 2 aromatic rings. The second kappa shape index (κ2) is 5.15. The molecule has 1 aliphatic heterocycles. The van der Waals surface area contributed by atoms with E-state index in [-0.39, 0.29) is 17.8 Å². The molecule has 3 rings (SSSR count). The zero-order chi connectivity index (χ0) is 13.2. The van der Waals surface area contributed by atoms with E-state index in [1.165, 1.54) is 0 Å². The summed E-state index contributed by atoms with van der Waals surface area (Å²) in [5.74, 6) is -0.0314. The smallest absolute Gasteiger partial charge is 0.171 e. The van der Waals surface area contributed by atoms with Crippen LogP contribution in [-0.4, -0.2) is 36.6 Å². The number of aromatic amines is 1. The Hall–Kier alpha value is -1.65. The van der Waals surface area contributed by atoms with E-state index in [2.05, 4.69) is 10.3 Å². The first kappa shape index (κ1) is 12.4. The van der Waals surface area contributed by atoms with Gasteiger partial charge in [-0.1, -0.05) is 18.2 Å². The largest absolute Gasteiger partial charge is 0.368 e. The number of H-pyrrole nitrogens is 1. The standard InChI is InChI=1S/C15H18N2O2/c1-10(15(18)14-9-16-6-7-19-14)13-8-11-4-2-3-5-12(11)17-13/h2-5,8,10,14,16-17H,6-7,9H2,1H3. The van der Waals surface area contributed by atoms with Crippen molar-refractivity contribution in [3.63, 3.8) is 0 Å². The van der Waals surface area contributed by atoms with Gasteiger partial charge in [0, 0.05) is 24.3 Å². The minimum absolute atomic E-state index is 0.138. The van der Waals surface area contributed by atoms with Crippen molar-refractivity contribution in [1.82, 2.24) is 10.3 Å². The van der Waals surface area contributed by atoms with Crippen molar-refractivity contribution in [1.29, 1.82) is 0 Å². The number of para-hydroxylation sites is 1. The van der Waals surface area contributed by atoms with Crippen molar-refractivity contribution in [2.24, 2.45) is 0 Å². The van der Waals surface area contributed by atoms with Crippen LogP contribution in [0.25, 0.3) is 10.9 Å². The van der Waals surface area contributed by atoms with E-state index in [4.69, 9.17) is 4.74 Å². The number of aromatic nitrogens is 1. The number of carbonyl (C=O) groups excluding carboxylic acids is 1. The third-order valence-electron chi connectivity index (χ3n) is 3.69. The van der Waals surface area contributed by atoms with Gasteiger partial charge in [0.1, 0.15) is 6.10 Å². The lowest BCUT2D eigenvalue weighted by Gasteiger charge is -2.24. The Morgan fingerprint density at radius 1 is 1.42 bits per heavy atom. The van der Waals surface area contributed by atoms with Crippen molar-refractivity contribution in [3.8, 4) is 0 Å². The average molecular weight is 258 g/mol. The molecule has 0 radical (unpaired) electrons. The Labute approximate surface area is 112 Å². The number of ether oxygens (including phenoxy) is 1. The van der Waals surface area contributed by atoms with Gasteiger partial charge in [0.25, 0.3) is 0 Å². The molecule has 1 aromatic heterocycles. The van der Waals surface area contributed by atoms with Crippen LogP contribution in [0.2, 0.25) is 0 Å². The summed E-state index contributed by atoms with van der Waals surface area (Å²) < 4.78 is 5.53. The van der Waals surface area contributed by atoms with Crippen molar-refractivity contribution < 1.29 is 9.53 Å². The van der Waals surface area contributed by atoms with E-state index in [9.17, 15) is 4.79 Å². The second-order valence-corrected chi connectivity index (χ2v) is 5.00. The van der Waals surface area contributed by atoms with E-state index in [1.54, 1.807) is 0 Å². The molecule has 1 fully saturated rings. The third kappa shape index (κ3) is 2.41. The number of benzene rings is 1. The average Bonchev–Trinajstić information content (AvgIpc) is 2.90. The molecule has 19 heavy (non-hydrogen) atoms. The predicted molar refractivity (Wildman–Crippen MR) is 74.3 cm³/mol. The topological polar surface area (TPSA) is 54.1 Å². The Kier molecular flexibility index (Phi) is 3.36. The summed E-state index contributed by atoms with van der Waals surface area (Å²) in [5, 5.41) is 4.33. The number of Topliss-reactive ketones (excluding diaryl/α,β-unsaturated/α-hetero) is 1. The predicted octanol–water partition coefficient (Wildman–Crippen LogP) is 1.83. The van der Waals surface area contributed by atoms with Crippen LogP contribution in [0.4, 0.5) is 0 Å². The highest BCUT2D eigenvalue weighted by Crippen LogP contribution is 2.23. The second-order valence-electron chi connectivity index (χ2n) is 5.00. The maximum Gasteiger partial charge on any atom is 0.171 e. The Balaban J connectivity index is 1.82. The molecule has 1 aliphatic rings. The van der Waals surface area contributed by atoms with E-state index < -0.39 is 0 Å². The third-order valence-corrected chi connectivity index (χ3v) is 3.69. The highest BCUT2D eigenvalue weighted by molar-refractivity contribution is 5.91. The van der Waals surface area contributed by atoms with Gasteiger partial charge < -0.3 is 15.0 Å². The van der Waals surface area contributed by atoms with Crippen LogP contribution < -0.4 is 5.32 Å². The number of ketones is 1. The SMILES string of the molecule is CC(C(=O)C1CNCCO1)c1cc2ccccc2[nH]1. The van der Waals surface area contributed by atoms with Gasteiger partial charge in [-0.05, 0) is 24.4 Å². The van der Waals surface area contributed by atoms with E-state index in [0.29, 0.717) is 13.2 Å². The highest BCUT2D eigenvalue weighted by Gasteiger charge is 2.28. The van der Waals surface area contributed by atoms with Gasteiger partial charge in [0.05, 0.1) is 12.5 Å². The van der Waals surface area contributed by atoms with Gasteiger partial charge in [0.15, 0.2) is 5.78 Å². The minimum atomic E-state index is -0.324. The molecule has 2 N–H and O–H groups in total. The summed E-state index contributed by atoms with van der Waals surface area (Å²) in [6.45, 7) is 3.98. The molecule has 1 saturated heterocycles. The molecular weight excluding hydrogens is 240 g/mol. The summed E-state index contributed by atoms with van der Waals surface area (Å²) in [5.41, 5.74) is 2.03. The molecule has 0 aliphatic carbocycles. The molecule has 2 atom stereocenters. The Bertz CT molecular complexity index is 552. The summed E-state index contributed by atoms with van der Waals surface area (Å²) in [4.78, 5) is 15.7. The fourth-order valence-electron chi connectivity index (χ4n) is 2.51. The number of hydrogen-bond acceptors (Lipinski definition) is 3. The van der Waals surface area contributed by atoms with Crippen LogP contribution >= 0.6 is 0 Å². The zero-order valence-corrected chi connectivity index (χ0v) is 11.0.